The quantitative estimate of drug-likeness (QED) is 0.696. The summed E-state index contributed by atoms with van der Waals surface area (Å²) in [6, 6.07) is 4.44. The number of hydrogen-bond donors (Lipinski definition) is 0. The molecule has 102 valence electrons. The summed E-state index contributed by atoms with van der Waals surface area (Å²) in [5, 5.41) is 8.61. The maximum Gasteiger partial charge on any atom is 0.254 e. The Morgan fingerprint density at radius 2 is 2.25 bits per heavy atom. The van der Waals surface area contributed by atoms with Crippen LogP contribution in [0.1, 0.15) is 18.2 Å². The summed E-state index contributed by atoms with van der Waals surface area (Å²) in [7, 11) is 0. The fourth-order valence-electron chi connectivity index (χ4n) is 2.80. The van der Waals surface area contributed by atoms with Crippen LogP contribution in [0.2, 0.25) is 0 Å². The average molecular weight is 269 g/mol. The van der Waals surface area contributed by atoms with Crippen LogP contribution in [0, 0.1) is 6.92 Å². The molecule has 20 heavy (non-hydrogen) atoms. The lowest BCUT2D eigenvalue weighted by Gasteiger charge is -2.19. The normalized spacial score (nSPS) is 19.1. The second-order valence-corrected chi connectivity index (χ2v) is 5.10. The molecule has 4 rings (SSSR count). The van der Waals surface area contributed by atoms with Crippen molar-refractivity contribution in [3.63, 3.8) is 0 Å². The topological polar surface area (TPSA) is 64.1 Å². The zero-order valence-electron chi connectivity index (χ0n) is 11.2. The van der Waals surface area contributed by atoms with Crippen LogP contribution in [0.5, 0.6) is 0 Å². The number of nitrogens with zero attached hydrogens (tertiary/aromatic N) is 7. The minimum atomic E-state index is 0.414. The second-order valence-electron chi connectivity index (χ2n) is 5.10. The second kappa shape index (κ2) is 4.29. The fourth-order valence-corrected chi connectivity index (χ4v) is 2.80. The number of hydrogen-bond acceptors (Lipinski definition) is 5. The van der Waals surface area contributed by atoms with E-state index in [1.165, 1.54) is 0 Å². The van der Waals surface area contributed by atoms with E-state index in [2.05, 4.69) is 31.1 Å². The summed E-state index contributed by atoms with van der Waals surface area (Å²) >= 11 is 0. The molecule has 1 saturated heterocycles. The Kier molecular flexibility index (Phi) is 2.45. The van der Waals surface area contributed by atoms with E-state index in [1.807, 2.05) is 30.1 Å². The summed E-state index contributed by atoms with van der Waals surface area (Å²) < 4.78 is 3.84. The highest BCUT2D eigenvalue weighted by Gasteiger charge is 2.26. The third-order valence-corrected chi connectivity index (χ3v) is 3.75. The van der Waals surface area contributed by atoms with E-state index in [0.717, 1.165) is 31.0 Å². The van der Waals surface area contributed by atoms with Crippen LogP contribution >= 0.6 is 0 Å². The largest absolute Gasteiger partial charge is 0.354 e. The molecule has 1 unspecified atom stereocenters. The van der Waals surface area contributed by atoms with Crippen LogP contribution in [-0.2, 0) is 0 Å². The molecule has 0 aliphatic carbocycles. The van der Waals surface area contributed by atoms with Crippen molar-refractivity contribution in [2.24, 2.45) is 0 Å². The van der Waals surface area contributed by atoms with Gasteiger partial charge in [-0.15, -0.1) is 0 Å². The van der Waals surface area contributed by atoms with E-state index in [9.17, 15) is 0 Å². The van der Waals surface area contributed by atoms with Gasteiger partial charge in [0.05, 0.1) is 6.04 Å². The molecule has 7 heteroatoms. The molecule has 0 radical (unpaired) electrons. The fraction of sp³-hybridized carbons (Fsp3) is 0.385. The predicted octanol–water partition coefficient (Wildman–Crippen LogP) is 1.08. The summed E-state index contributed by atoms with van der Waals surface area (Å²) in [5.74, 6) is 1.71. The van der Waals surface area contributed by atoms with E-state index in [4.69, 9.17) is 0 Å². The predicted molar refractivity (Wildman–Crippen MR) is 73.6 cm³/mol. The zero-order valence-corrected chi connectivity index (χ0v) is 11.2. The highest BCUT2D eigenvalue weighted by Crippen LogP contribution is 2.26. The molecule has 1 aliphatic rings. The van der Waals surface area contributed by atoms with Crippen molar-refractivity contribution in [3.05, 3.63) is 36.5 Å². The summed E-state index contributed by atoms with van der Waals surface area (Å²) in [6.45, 7) is 3.91. The highest BCUT2D eigenvalue weighted by atomic mass is 15.4. The van der Waals surface area contributed by atoms with Gasteiger partial charge in [0.15, 0.2) is 0 Å². The molecule has 0 aromatic carbocycles. The Hall–Kier alpha value is -2.44. The maximum absolute atomic E-state index is 4.38. The molecule has 0 spiro atoms. The molecule has 1 aliphatic heterocycles. The lowest BCUT2D eigenvalue weighted by atomic mass is 10.3. The minimum absolute atomic E-state index is 0.414. The Bertz CT molecular complexity index is 730. The minimum Gasteiger partial charge on any atom is -0.354 e. The smallest absolute Gasteiger partial charge is 0.254 e. The Morgan fingerprint density at radius 1 is 1.30 bits per heavy atom. The van der Waals surface area contributed by atoms with Crippen LogP contribution < -0.4 is 4.90 Å². The number of aryl methyl sites for hydroxylation is 1. The van der Waals surface area contributed by atoms with Gasteiger partial charge in [-0.25, -0.2) is 4.98 Å². The van der Waals surface area contributed by atoms with Gasteiger partial charge in [0.25, 0.3) is 5.78 Å². The molecular formula is C13H15N7. The molecule has 0 amide bonds. The van der Waals surface area contributed by atoms with E-state index in [1.54, 1.807) is 10.8 Å². The van der Waals surface area contributed by atoms with Crippen molar-refractivity contribution in [1.29, 1.82) is 0 Å². The summed E-state index contributed by atoms with van der Waals surface area (Å²) in [6.07, 6.45) is 6.48. The van der Waals surface area contributed by atoms with Crippen LogP contribution in [0.15, 0.2) is 30.9 Å². The van der Waals surface area contributed by atoms with Crippen LogP contribution in [0.25, 0.3) is 5.78 Å². The number of aromatic nitrogens is 6. The van der Waals surface area contributed by atoms with Gasteiger partial charge in [0.2, 0.25) is 0 Å². The average Bonchev–Trinajstić information content (AvgIpc) is 3.18. The third-order valence-electron chi connectivity index (χ3n) is 3.75. The molecule has 3 aromatic rings. The lowest BCUT2D eigenvalue weighted by molar-refractivity contribution is 0.494. The molecule has 7 nitrogen and oxygen atoms in total. The van der Waals surface area contributed by atoms with Gasteiger partial charge >= 0.3 is 0 Å². The third kappa shape index (κ3) is 1.74. The van der Waals surface area contributed by atoms with Gasteiger partial charge in [0, 0.05) is 37.2 Å². The molecular weight excluding hydrogens is 254 g/mol. The Labute approximate surface area is 115 Å². The molecule has 1 fully saturated rings. The summed E-state index contributed by atoms with van der Waals surface area (Å²) in [5.41, 5.74) is 0.961. The van der Waals surface area contributed by atoms with Crippen molar-refractivity contribution in [1.82, 2.24) is 29.4 Å². The van der Waals surface area contributed by atoms with Crippen molar-refractivity contribution in [2.45, 2.75) is 19.4 Å². The van der Waals surface area contributed by atoms with Gasteiger partial charge < -0.3 is 4.90 Å². The molecule has 4 heterocycles. The first-order chi connectivity index (χ1) is 9.81. The Balaban J connectivity index is 1.69. The van der Waals surface area contributed by atoms with Crippen molar-refractivity contribution in [3.8, 4) is 0 Å². The number of anilines is 1. The number of rotatable bonds is 2. The van der Waals surface area contributed by atoms with Gasteiger partial charge in [-0.2, -0.15) is 19.7 Å². The van der Waals surface area contributed by atoms with Gasteiger partial charge in [-0.1, -0.05) is 0 Å². The summed E-state index contributed by atoms with van der Waals surface area (Å²) in [4.78, 5) is 10.9. The SMILES string of the molecule is Cc1cc(N2CCC(n3cccn3)C2)n2ncnc2n1. The monoisotopic (exact) mass is 269 g/mol. The van der Waals surface area contributed by atoms with E-state index >= 15 is 0 Å². The van der Waals surface area contributed by atoms with Crippen molar-refractivity contribution in [2.75, 3.05) is 18.0 Å². The molecule has 0 saturated carbocycles. The van der Waals surface area contributed by atoms with Crippen LogP contribution in [0.4, 0.5) is 5.82 Å². The Morgan fingerprint density at radius 3 is 3.10 bits per heavy atom. The van der Waals surface area contributed by atoms with Crippen LogP contribution in [0.3, 0.4) is 0 Å². The van der Waals surface area contributed by atoms with Gasteiger partial charge in [-0.05, 0) is 19.4 Å². The van der Waals surface area contributed by atoms with Gasteiger partial charge in [0.1, 0.15) is 12.1 Å². The number of fused-ring (bicyclic) bond motifs is 1. The van der Waals surface area contributed by atoms with Gasteiger partial charge in [-0.3, -0.25) is 4.68 Å². The highest BCUT2D eigenvalue weighted by molar-refractivity contribution is 5.48. The molecule has 0 bridgehead atoms. The first kappa shape index (κ1) is 11.4. The molecule has 3 aromatic heterocycles. The first-order valence-electron chi connectivity index (χ1n) is 6.73. The zero-order chi connectivity index (χ0) is 13.5. The lowest BCUT2D eigenvalue weighted by Crippen LogP contribution is -2.24. The van der Waals surface area contributed by atoms with E-state index in [0.29, 0.717) is 11.8 Å². The van der Waals surface area contributed by atoms with E-state index < -0.39 is 0 Å². The maximum atomic E-state index is 4.38. The van der Waals surface area contributed by atoms with Crippen LogP contribution in [-0.4, -0.2) is 42.5 Å². The van der Waals surface area contributed by atoms with E-state index in [-0.39, 0.29) is 0 Å². The standard InChI is InChI=1S/C13H15N7/c1-10-7-12(20-13(17-10)14-9-16-20)18-6-3-11(8-18)19-5-2-4-15-19/h2,4-5,7,9,11H,3,6,8H2,1H3. The van der Waals surface area contributed by atoms with Crippen molar-refractivity contribution < 1.29 is 0 Å². The van der Waals surface area contributed by atoms with Crippen molar-refractivity contribution >= 4 is 11.6 Å². The molecule has 0 N–H and O–H groups in total. The molecule has 1 atom stereocenters. The first-order valence-corrected chi connectivity index (χ1v) is 6.73.